The fourth-order valence-corrected chi connectivity index (χ4v) is 10.7. The largest absolute Gasteiger partial charge is 0.393 e. The molecular weight excluding hydrogens is 494 g/mol. The van der Waals surface area contributed by atoms with Crippen molar-refractivity contribution in [1.82, 2.24) is 4.98 Å². The molecule has 0 radical (unpaired) electrons. The number of aromatic nitrogens is 1. The van der Waals surface area contributed by atoms with Gasteiger partial charge in [-0.25, -0.2) is 4.98 Å². The fraction of sp³-hybridized carbons (Fsp3) is 0.607. The predicted molar refractivity (Wildman–Crippen MR) is 139 cm³/mol. The molecule has 192 valence electrons. The van der Waals surface area contributed by atoms with Gasteiger partial charge in [0.05, 0.1) is 32.9 Å². The van der Waals surface area contributed by atoms with Crippen LogP contribution in [0.5, 0.6) is 0 Å². The highest BCUT2D eigenvalue weighted by molar-refractivity contribution is 7.88. The lowest BCUT2D eigenvalue weighted by atomic mass is 9.45. The molecule has 1 aromatic heterocycles. The molecule has 4 aliphatic rings. The molecule has 3 saturated carbocycles. The van der Waals surface area contributed by atoms with E-state index in [0.717, 1.165) is 29.5 Å². The third-order valence-corrected chi connectivity index (χ3v) is 12.9. The second-order valence-corrected chi connectivity index (χ2v) is 14.5. The predicted octanol–water partition coefficient (Wildman–Crippen LogP) is 4.21. The minimum absolute atomic E-state index is 0.0259. The van der Waals surface area contributed by atoms with Gasteiger partial charge in [0.15, 0.2) is 15.9 Å². The highest BCUT2D eigenvalue weighted by Gasteiger charge is 2.68. The number of rotatable bonds is 4. The lowest BCUT2D eigenvalue weighted by Gasteiger charge is -2.60. The molecule has 6 rings (SSSR count). The molecule has 2 aromatic rings. The lowest BCUT2D eigenvalue weighted by molar-refractivity contribution is -0.178. The summed E-state index contributed by atoms with van der Waals surface area (Å²) in [7, 11) is -1.63. The van der Waals surface area contributed by atoms with Gasteiger partial charge in [-0.3, -0.25) is 13.8 Å². The molecular formula is C28H33NO5S2. The van der Waals surface area contributed by atoms with E-state index in [1.807, 2.05) is 37.3 Å². The van der Waals surface area contributed by atoms with E-state index in [-0.39, 0.29) is 34.7 Å². The van der Waals surface area contributed by atoms with Crippen LogP contribution in [0.4, 0.5) is 0 Å². The van der Waals surface area contributed by atoms with Crippen molar-refractivity contribution < 1.29 is 24.0 Å². The zero-order valence-electron chi connectivity index (χ0n) is 20.7. The maximum absolute atomic E-state index is 13.6. The van der Waals surface area contributed by atoms with Crippen LogP contribution in [0.3, 0.4) is 0 Å². The molecule has 1 aromatic carbocycles. The number of carbonyl (C=O) groups is 2. The summed E-state index contributed by atoms with van der Waals surface area (Å²) in [6.45, 7) is 4.15. The number of carbonyl (C=O) groups excluding carboxylic acids is 2. The number of hydrogen-bond acceptors (Lipinski definition) is 7. The third kappa shape index (κ3) is 3.40. The van der Waals surface area contributed by atoms with Crippen molar-refractivity contribution >= 4 is 43.9 Å². The Morgan fingerprint density at radius 3 is 2.75 bits per heavy atom. The van der Waals surface area contributed by atoms with Gasteiger partial charge in [0.25, 0.3) is 0 Å². The van der Waals surface area contributed by atoms with E-state index in [2.05, 4.69) is 11.9 Å². The summed E-state index contributed by atoms with van der Waals surface area (Å²) >= 11 is 1.32. The Labute approximate surface area is 217 Å². The van der Waals surface area contributed by atoms with Crippen LogP contribution >= 0.6 is 11.3 Å². The maximum atomic E-state index is 13.6. The Hall–Kier alpha value is -1.74. The normalized spacial score (nSPS) is 40.8. The van der Waals surface area contributed by atoms with Gasteiger partial charge in [-0.1, -0.05) is 31.6 Å². The summed E-state index contributed by atoms with van der Waals surface area (Å²) < 4.78 is 14.5. The lowest BCUT2D eigenvalue weighted by Crippen LogP contribution is -2.62. The molecule has 0 amide bonds. The van der Waals surface area contributed by atoms with Crippen LogP contribution in [0, 0.1) is 28.6 Å². The van der Waals surface area contributed by atoms with Crippen molar-refractivity contribution in [3.8, 4) is 0 Å². The van der Waals surface area contributed by atoms with Gasteiger partial charge < -0.3 is 10.2 Å². The van der Waals surface area contributed by atoms with Gasteiger partial charge in [-0.05, 0) is 79.9 Å². The molecule has 2 N–H and O–H groups in total. The van der Waals surface area contributed by atoms with Crippen LogP contribution < -0.4 is 0 Å². The maximum Gasteiger partial charge on any atom is 0.182 e. The van der Waals surface area contributed by atoms with Crippen LogP contribution in [0.2, 0.25) is 0 Å². The standard InChI is InChI=1S/C28H33NO5S2/c1-26-11-9-17(30)13-16(26)7-8-18-19-10-12-28(33,27(19,2)14-21(31)24(18)26)23(32)15-36(34)25-29-20-5-3-4-6-22(20)35-25/h3-6,13,18-19,21,24,31,33H,7-12,14-15H2,1-2H3/t18?,19?,21?,24?,26?,27?,28-,36?/m0/s1. The number of benzene rings is 1. The SMILES string of the molecule is CC12CCC(=O)C=C1CCC1C2C(O)CC2(C)C1CC[C@]2(O)C(=O)CS(=O)c1nc2ccccc2s1. The average Bonchev–Trinajstić information content (AvgIpc) is 3.39. The second kappa shape index (κ2) is 8.38. The first-order valence-corrected chi connectivity index (χ1v) is 15.1. The summed E-state index contributed by atoms with van der Waals surface area (Å²) in [6, 6.07) is 7.55. The van der Waals surface area contributed by atoms with E-state index in [9.17, 15) is 24.0 Å². The Bertz CT molecular complexity index is 1290. The molecule has 0 spiro atoms. The van der Waals surface area contributed by atoms with Gasteiger partial charge >= 0.3 is 0 Å². The average molecular weight is 528 g/mol. The van der Waals surface area contributed by atoms with Crippen LogP contribution in [-0.2, 0) is 20.4 Å². The molecule has 4 aliphatic carbocycles. The van der Waals surface area contributed by atoms with E-state index in [1.54, 1.807) is 0 Å². The number of para-hydroxylation sites is 1. The highest BCUT2D eigenvalue weighted by atomic mass is 32.2. The van der Waals surface area contributed by atoms with E-state index in [4.69, 9.17) is 0 Å². The number of aliphatic hydroxyl groups excluding tert-OH is 1. The summed E-state index contributed by atoms with van der Waals surface area (Å²) in [5.74, 6) is -0.176. The second-order valence-electron chi connectivity index (χ2n) is 11.8. The number of nitrogens with zero attached hydrogens (tertiary/aromatic N) is 1. The molecule has 0 bridgehead atoms. The summed E-state index contributed by atoms with van der Waals surface area (Å²) in [5, 5.41) is 23.5. The van der Waals surface area contributed by atoms with E-state index >= 15 is 0 Å². The van der Waals surface area contributed by atoms with Crippen LogP contribution in [-0.4, -0.2) is 48.4 Å². The van der Waals surface area contributed by atoms with Crippen molar-refractivity contribution in [3.63, 3.8) is 0 Å². The molecule has 7 unspecified atom stereocenters. The van der Waals surface area contributed by atoms with Gasteiger partial charge in [-0.15, -0.1) is 11.3 Å². The number of aliphatic hydroxyl groups is 2. The number of hydrogen-bond donors (Lipinski definition) is 2. The van der Waals surface area contributed by atoms with Crippen LogP contribution in [0.25, 0.3) is 10.2 Å². The first-order valence-electron chi connectivity index (χ1n) is 13.0. The third-order valence-electron chi connectivity index (χ3n) is 10.2. The zero-order valence-corrected chi connectivity index (χ0v) is 22.4. The first-order chi connectivity index (χ1) is 17.1. The summed E-state index contributed by atoms with van der Waals surface area (Å²) in [5.41, 5.74) is -0.676. The number of Topliss-reactive ketones (excluding diaryl/α,β-unsaturated/α-hetero) is 1. The molecule has 1 heterocycles. The molecule has 6 nitrogen and oxygen atoms in total. The van der Waals surface area contributed by atoms with E-state index in [1.165, 1.54) is 16.9 Å². The summed E-state index contributed by atoms with van der Waals surface area (Å²) in [4.78, 5) is 30.2. The number of thiazole rings is 1. The first kappa shape index (κ1) is 24.6. The minimum Gasteiger partial charge on any atom is -0.393 e. The van der Waals surface area contributed by atoms with Gasteiger partial charge in [-0.2, -0.15) is 0 Å². The Kier molecular flexibility index (Phi) is 5.73. The monoisotopic (exact) mass is 527 g/mol. The number of allylic oxidation sites excluding steroid dienone is 1. The minimum atomic E-state index is -1.63. The zero-order chi connectivity index (χ0) is 25.5. The fourth-order valence-electron chi connectivity index (χ4n) is 8.40. The molecule has 8 heteroatoms. The molecule has 3 fully saturated rings. The Balaban J connectivity index is 1.27. The Morgan fingerprint density at radius 2 is 1.97 bits per heavy atom. The van der Waals surface area contributed by atoms with E-state index < -0.39 is 33.7 Å². The quantitative estimate of drug-likeness (QED) is 0.617. The van der Waals surface area contributed by atoms with Crippen LogP contribution in [0.15, 0.2) is 40.3 Å². The molecule has 36 heavy (non-hydrogen) atoms. The topological polar surface area (TPSA) is 105 Å². The molecule has 0 saturated heterocycles. The van der Waals surface area contributed by atoms with Gasteiger partial charge in [0, 0.05) is 11.8 Å². The van der Waals surface area contributed by atoms with Gasteiger partial charge in [0.2, 0.25) is 0 Å². The molecule has 0 aliphatic heterocycles. The number of fused-ring (bicyclic) bond motifs is 6. The van der Waals surface area contributed by atoms with Crippen molar-refractivity contribution in [2.75, 3.05) is 5.75 Å². The smallest absolute Gasteiger partial charge is 0.182 e. The van der Waals surface area contributed by atoms with Crippen molar-refractivity contribution in [2.24, 2.45) is 28.6 Å². The molecule has 8 atom stereocenters. The number of ketones is 2. The summed E-state index contributed by atoms with van der Waals surface area (Å²) in [6.07, 6.45) is 5.49. The van der Waals surface area contributed by atoms with Crippen molar-refractivity contribution in [2.45, 2.75) is 74.8 Å². The van der Waals surface area contributed by atoms with E-state index in [0.29, 0.717) is 30.0 Å². The van der Waals surface area contributed by atoms with Crippen LogP contribution in [0.1, 0.15) is 58.8 Å². The highest BCUT2D eigenvalue weighted by Crippen LogP contribution is 2.67. The van der Waals surface area contributed by atoms with Crippen molar-refractivity contribution in [1.29, 1.82) is 0 Å². The van der Waals surface area contributed by atoms with Crippen molar-refractivity contribution in [3.05, 3.63) is 35.9 Å². The van der Waals surface area contributed by atoms with Gasteiger partial charge in [0.1, 0.15) is 5.60 Å². The Morgan fingerprint density at radius 1 is 1.19 bits per heavy atom.